The number of nitrogens with two attached hydrogens (primary N) is 1. The van der Waals surface area contributed by atoms with Crippen molar-refractivity contribution in [2.45, 2.75) is 26.7 Å². The van der Waals surface area contributed by atoms with Crippen LogP contribution in [0.25, 0.3) is 0 Å². The highest BCUT2D eigenvalue weighted by Gasteiger charge is 2.06. The fourth-order valence-corrected chi connectivity index (χ4v) is 1.73. The third-order valence-corrected chi connectivity index (χ3v) is 2.99. The molecule has 3 nitrogen and oxygen atoms in total. The van der Waals surface area contributed by atoms with Gasteiger partial charge in [-0.2, -0.15) is 0 Å². The second-order valence-electron chi connectivity index (χ2n) is 4.64. The molecule has 1 fully saturated rings. The molecule has 3 N–H and O–H groups in total. The Kier molecular flexibility index (Phi) is 5.84. The van der Waals surface area contributed by atoms with E-state index in [1.807, 2.05) is 32.2 Å². The summed E-state index contributed by atoms with van der Waals surface area (Å²) in [6.45, 7) is 6.28. The van der Waals surface area contributed by atoms with E-state index in [4.69, 9.17) is 10.5 Å². The number of anilines is 2. The number of hydrogen-bond donors (Lipinski definition) is 2. The maximum Gasteiger partial charge on any atom is 0.0571 e. The molecule has 0 atom stereocenters. The lowest BCUT2D eigenvalue weighted by atomic mass is 10.0. The van der Waals surface area contributed by atoms with Crippen molar-refractivity contribution in [3.05, 3.63) is 23.8 Å². The van der Waals surface area contributed by atoms with Gasteiger partial charge in [0.2, 0.25) is 0 Å². The van der Waals surface area contributed by atoms with Gasteiger partial charge in [-0.05, 0) is 43.4 Å². The molecule has 1 aromatic carbocycles. The Morgan fingerprint density at radius 1 is 1.29 bits per heavy atom. The topological polar surface area (TPSA) is 47.3 Å². The molecule has 2 rings (SSSR count). The molecule has 1 aromatic rings. The molecule has 0 aliphatic carbocycles. The van der Waals surface area contributed by atoms with Gasteiger partial charge < -0.3 is 15.8 Å². The molecule has 17 heavy (non-hydrogen) atoms. The molecule has 1 saturated heterocycles. The van der Waals surface area contributed by atoms with Gasteiger partial charge in [0, 0.05) is 20.3 Å². The van der Waals surface area contributed by atoms with Crippen LogP contribution < -0.4 is 11.1 Å². The molecule has 0 aromatic heterocycles. The highest BCUT2D eigenvalue weighted by atomic mass is 16.5. The maximum absolute atomic E-state index is 5.67. The van der Waals surface area contributed by atoms with E-state index in [1.54, 1.807) is 0 Å². The Hall–Kier alpha value is -1.22. The maximum atomic E-state index is 5.67. The van der Waals surface area contributed by atoms with E-state index in [9.17, 15) is 0 Å². The van der Waals surface area contributed by atoms with E-state index in [-0.39, 0.29) is 0 Å². The molecule has 0 saturated carbocycles. The average molecular weight is 236 g/mol. The molecule has 3 heteroatoms. The molecular weight excluding hydrogens is 212 g/mol. The van der Waals surface area contributed by atoms with Crippen LogP contribution in [0.15, 0.2) is 18.2 Å². The summed E-state index contributed by atoms with van der Waals surface area (Å²) in [4.78, 5) is 0. The van der Waals surface area contributed by atoms with E-state index >= 15 is 0 Å². The molecule has 96 valence electrons. The van der Waals surface area contributed by atoms with Gasteiger partial charge in [-0.25, -0.2) is 0 Å². The third kappa shape index (κ3) is 5.09. The number of nitrogen functional groups attached to an aromatic ring is 1. The molecule has 0 amide bonds. The van der Waals surface area contributed by atoms with Crippen molar-refractivity contribution in [2.24, 2.45) is 5.92 Å². The first kappa shape index (κ1) is 13.8. The Balaban J connectivity index is 0.000000181. The van der Waals surface area contributed by atoms with E-state index in [1.165, 1.54) is 18.4 Å². The third-order valence-electron chi connectivity index (χ3n) is 2.99. The van der Waals surface area contributed by atoms with Crippen molar-refractivity contribution >= 4 is 11.4 Å². The standard InChI is InChI=1S/C8H12N2.C6H12O/c1-6-3-4-8(10-2)7(9)5-6;1-6-2-4-7-5-3-6/h3-5,10H,9H2,1-2H3;6H,2-5H2,1H3. The van der Waals surface area contributed by atoms with Crippen LogP contribution in [0.1, 0.15) is 25.3 Å². The number of hydrogen-bond acceptors (Lipinski definition) is 3. The smallest absolute Gasteiger partial charge is 0.0571 e. The lowest BCUT2D eigenvalue weighted by Gasteiger charge is -2.16. The zero-order valence-electron chi connectivity index (χ0n) is 11.1. The van der Waals surface area contributed by atoms with Crippen LogP contribution in [0, 0.1) is 12.8 Å². The number of nitrogens with one attached hydrogen (secondary N) is 1. The van der Waals surface area contributed by atoms with Gasteiger partial charge in [-0.3, -0.25) is 0 Å². The predicted octanol–water partition coefficient (Wildman–Crippen LogP) is 3.05. The molecule has 0 radical (unpaired) electrons. The zero-order chi connectivity index (χ0) is 12.7. The lowest BCUT2D eigenvalue weighted by molar-refractivity contribution is 0.0716. The molecule has 1 heterocycles. The first-order chi connectivity index (χ1) is 8.13. The van der Waals surface area contributed by atoms with Crippen LogP contribution in [0.3, 0.4) is 0 Å². The van der Waals surface area contributed by atoms with Crippen LogP contribution in [-0.2, 0) is 4.74 Å². The van der Waals surface area contributed by atoms with Crippen LogP contribution in [0.4, 0.5) is 11.4 Å². The summed E-state index contributed by atoms with van der Waals surface area (Å²) in [5, 5.41) is 3.00. The van der Waals surface area contributed by atoms with Gasteiger partial charge >= 0.3 is 0 Å². The fraction of sp³-hybridized carbons (Fsp3) is 0.571. The number of rotatable bonds is 1. The molecule has 1 aliphatic rings. The van der Waals surface area contributed by atoms with Crippen molar-refractivity contribution in [3.63, 3.8) is 0 Å². The van der Waals surface area contributed by atoms with Gasteiger partial charge in [0.15, 0.2) is 0 Å². The van der Waals surface area contributed by atoms with Crippen molar-refractivity contribution in [2.75, 3.05) is 31.3 Å². The minimum absolute atomic E-state index is 0.808. The van der Waals surface area contributed by atoms with Crippen molar-refractivity contribution in [3.8, 4) is 0 Å². The molecule has 0 spiro atoms. The Labute approximate surface area is 104 Å². The monoisotopic (exact) mass is 236 g/mol. The summed E-state index contributed by atoms with van der Waals surface area (Å²) in [7, 11) is 1.86. The zero-order valence-corrected chi connectivity index (χ0v) is 11.1. The Morgan fingerprint density at radius 3 is 2.35 bits per heavy atom. The van der Waals surface area contributed by atoms with Gasteiger partial charge in [-0.1, -0.05) is 13.0 Å². The van der Waals surface area contributed by atoms with Crippen molar-refractivity contribution < 1.29 is 4.74 Å². The van der Waals surface area contributed by atoms with Crippen LogP contribution >= 0.6 is 0 Å². The minimum Gasteiger partial charge on any atom is -0.397 e. The first-order valence-corrected chi connectivity index (χ1v) is 6.25. The van der Waals surface area contributed by atoms with Gasteiger partial charge in [0.05, 0.1) is 11.4 Å². The molecule has 1 aliphatic heterocycles. The highest BCUT2D eigenvalue weighted by Crippen LogP contribution is 2.17. The SMILES string of the molecule is CC1CCOCC1.CNc1ccc(C)cc1N. The Morgan fingerprint density at radius 2 is 1.94 bits per heavy atom. The van der Waals surface area contributed by atoms with Crippen LogP contribution in [0.5, 0.6) is 0 Å². The minimum atomic E-state index is 0.808. The first-order valence-electron chi connectivity index (χ1n) is 6.25. The largest absolute Gasteiger partial charge is 0.397 e. The quantitative estimate of drug-likeness (QED) is 0.737. The molecule has 0 unspecified atom stereocenters. The highest BCUT2D eigenvalue weighted by molar-refractivity contribution is 5.66. The van der Waals surface area contributed by atoms with E-state index < -0.39 is 0 Å². The van der Waals surface area contributed by atoms with Crippen molar-refractivity contribution in [1.82, 2.24) is 0 Å². The Bertz CT molecular complexity index is 333. The van der Waals surface area contributed by atoms with E-state index in [2.05, 4.69) is 12.2 Å². The average Bonchev–Trinajstić information content (AvgIpc) is 2.31. The van der Waals surface area contributed by atoms with Crippen LogP contribution in [0.2, 0.25) is 0 Å². The van der Waals surface area contributed by atoms with E-state index in [0.29, 0.717) is 0 Å². The van der Waals surface area contributed by atoms with Gasteiger partial charge in [0.1, 0.15) is 0 Å². The second kappa shape index (κ2) is 7.17. The molecular formula is C14H24N2O. The summed E-state index contributed by atoms with van der Waals surface area (Å²) < 4.78 is 5.14. The van der Waals surface area contributed by atoms with Crippen molar-refractivity contribution in [1.29, 1.82) is 0 Å². The summed E-state index contributed by atoms with van der Waals surface area (Å²) >= 11 is 0. The van der Waals surface area contributed by atoms with Gasteiger partial charge in [0.25, 0.3) is 0 Å². The fourth-order valence-electron chi connectivity index (χ4n) is 1.73. The number of aryl methyl sites for hydroxylation is 1. The number of ether oxygens (including phenoxy) is 1. The second-order valence-corrected chi connectivity index (χ2v) is 4.64. The van der Waals surface area contributed by atoms with Crippen LogP contribution in [-0.4, -0.2) is 20.3 Å². The lowest BCUT2D eigenvalue weighted by Crippen LogP contribution is -2.12. The molecule has 0 bridgehead atoms. The normalized spacial score (nSPS) is 15.9. The summed E-state index contributed by atoms with van der Waals surface area (Å²) in [6.07, 6.45) is 2.53. The number of benzene rings is 1. The predicted molar refractivity (Wildman–Crippen MR) is 74.4 cm³/mol. The summed E-state index contributed by atoms with van der Waals surface area (Å²) in [5.74, 6) is 0.911. The summed E-state index contributed by atoms with van der Waals surface area (Å²) in [5.41, 5.74) is 8.66. The summed E-state index contributed by atoms with van der Waals surface area (Å²) in [6, 6.07) is 5.96. The van der Waals surface area contributed by atoms with E-state index in [0.717, 1.165) is 30.5 Å². The van der Waals surface area contributed by atoms with Gasteiger partial charge in [-0.15, -0.1) is 0 Å².